The van der Waals surface area contributed by atoms with Gasteiger partial charge in [-0.05, 0) is 76.8 Å². The molecule has 1 aliphatic rings. The summed E-state index contributed by atoms with van der Waals surface area (Å²) in [4.78, 5) is 21.5. The molecule has 0 spiro atoms. The summed E-state index contributed by atoms with van der Waals surface area (Å²) in [6.45, 7) is 9.36. The fourth-order valence-corrected chi connectivity index (χ4v) is 5.77. The molecule has 6 rings (SSSR count). The monoisotopic (exact) mass is 598 g/mol. The first-order valence-corrected chi connectivity index (χ1v) is 14.4. The smallest absolute Gasteiger partial charge is 0.337 e. The van der Waals surface area contributed by atoms with Gasteiger partial charge in [-0.2, -0.15) is 5.10 Å². The van der Waals surface area contributed by atoms with Gasteiger partial charge in [-0.3, -0.25) is 4.98 Å². The molecule has 4 heterocycles. The molecule has 8 nitrogen and oxygen atoms in total. The van der Waals surface area contributed by atoms with Crippen molar-refractivity contribution in [2.24, 2.45) is 0 Å². The van der Waals surface area contributed by atoms with Gasteiger partial charge in [0.15, 0.2) is 23.3 Å². The maximum Gasteiger partial charge on any atom is 0.337 e. The largest absolute Gasteiger partial charge is 0.490 e. The lowest BCUT2D eigenvalue weighted by molar-refractivity contribution is -0.160. The van der Waals surface area contributed by atoms with Crippen molar-refractivity contribution in [1.29, 1.82) is 0 Å². The Morgan fingerprint density at radius 2 is 1.84 bits per heavy atom. The highest BCUT2D eigenvalue weighted by atomic mass is 19.1. The second-order valence-electron chi connectivity index (χ2n) is 12.0. The van der Waals surface area contributed by atoms with Crippen LogP contribution in [0.2, 0.25) is 0 Å². The molecule has 3 aromatic heterocycles. The summed E-state index contributed by atoms with van der Waals surface area (Å²) in [6.07, 6.45) is 2.69. The first kappa shape index (κ1) is 29.4. The molecular weight excluding hydrogens is 566 g/mol. The highest BCUT2D eigenvalue weighted by Gasteiger charge is 2.34. The lowest BCUT2D eigenvalue weighted by Gasteiger charge is -2.28. The molecule has 0 radical (unpaired) electrons. The van der Waals surface area contributed by atoms with E-state index >= 15 is 4.39 Å². The van der Waals surface area contributed by atoms with E-state index in [2.05, 4.69) is 4.98 Å². The average Bonchev–Trinajstić information content (AvgIpc) is 3.40. The molecule has 1 aliphatic heterocycles. The number of aliphatic carboxylic acids is 1. The maximum absolute atomic E-state index is 15.6. The molecule has 0 saturated heterocycles. The van der Waals surface area contributed by atoms with Crippen molar-refractivity contribution in [3.05, 3.63) is 88.9 Å². The summed E-state index contributed by atoms with van der Waals surface area (Å²) in [6, 6.07) is 12.0. The minimum atomic E-state index is -1.41. The number of benzene rings is 2. The number of ether oxygens (including phenoxy) is 2. The second kappa shape index (κ2) is 11.1. The highest BCUT2D eigenvalue weighted by molar-refractivity contribution is 5.83. The van der Waals surface area contributed by atoms with E-state index in [-0.39, 0.29) is 11.3 Å². The molecule has 1 atom stereocenters. The molecule has 0 saturated carbocycles. The molecule has 2 aromatic carbocycles. The van der Waals surface area contributed by atoms with Crippen LogP contribution in [-0.4, -0.2) is 42.9 Å². The van der Waals surface area contributed by atoms with Crippen LogP contribution in [-0.2, 0) is 16.0 Å². The van der Waals surface area contributed by atoms with Crippen molar-refractivity contribution in [1.82, 2.24) is 19.6 Å². The van der Waals surface area contributed by atoms with E-state index in [0.29, 0.717) is 46.9 Å². The van der Waals surface area contributed by atoms with Crippen LogP contribution in [0.25, 0.3) is 39.3 Å². The number of carboxylic acid groups (broad SMARTS) is 1. The number of hydrogen-bond acceptors (Lipinski definition) is 6. The average molecular weight is 599 g/mol. The molecule has 0 aliphatic carbocycles. The zero-order chi connectivity index (χ0) is 31.3. The fourth-order valence-electron chi connectivity index (χ4n) is 5.77. The van der Waals surface area contributed by atoms with Crippen molar-refractivity contribution >= 4 is 11.6 Å². The van der Waals surface area contributed by atoms with Crippen LogP contribution in [0.15, 0.2) is 54.9 Å². The van der Waals surface area contributed by atoms with Gasteiger partial charge in [-0.1, -0.05) is 18.2 Å². The van der Waals surface area contributed by atoms with Crippen LogP contribution in [0.1, 0.15) is 55.7 Å². The third-order valence-electron chi connectivity index (χ3n) is 7.68. The van der Waals surface area contributed by atoms with Crippen LogP contribution in [0, 0.1) is 25.5 Å². The first-order valence-electron chi connectivity index (χ1n) is 14.4. The van der Waals surface area contributed by atoms with Gasteiger partial charge in [-0.25, -0.2) is 23.1 Å². The van der Waals surface area contributed by atoms with Crippen molar-refractivity contribution in [2.75, 3.05) is 6.61 Å². The van der Waals surface area contributed by atoms with E-state index in [4.69, 9.17) is 19.6 Å². The molecule has 0 fully saturated rings. The number of pyridine rings is 1. The van der Waals surface area contributed by atoms with E-state index in [1.54, 1.807) is 44.5 Å². The van der Waals surface area contributed by atoms with Gasteiger partial charge in [-0.15, -0.1) is 0 Å². The number of nitrogens with zero attached hydrogens (tertiary/aromatic N) is 4. The van der Waals surface area contributed by atoms with Crippen LogP contribution < -0.4 is 4.74 Å². The lowest BCUT2D eigenvalue weighted by Crippen LogP contribution is -2.29. The minimum absolute atomic E-state index is 0.228. The van der Waals surface area contributed by atoms with Crippen LogP contribution in [0.4, 0.5) is 8.78 Å². The third kappa shape index (κ3) is 5.41. The molecule has 0 amide bonds. The van der Waals surface area contributed by atoms with Gasteiger partial charge in [0, 0.05) is 45.8 Å². The van der Waals surface area contributed by atoms with Crippen molar-refractivity contribution < 1.29 is 28.2 Å². The zero-order valence-electron chi connectivity index (χ0n) is 25.1. The van der Waals surface area contributed by atoms with Crippen LogP contribution >= 0.6 is 0 Å². The maximum atomic E-state index is 15.6. The van der Waals surface area contributed by atoms with Gasteiger partial charge >= 0.3 is 5.97 Å². The fraction of sp³-hybridized carbons (Fsp3) is 0.294. The topological polar surface area (TPSA) is 98.8 Å². The predicted octanol–water partition coefficient (Wildman–Crippen LogP) is 7.29. The Balaban J connectivity index is 1.62. The minimum Gasteiger partial charge on any atom is -0.490 e. The summed E-state index contributed by atoms with van der Waals surface area (Å²) in [5.41, 5.74) is 5.34. The van der Waals surface area contributed by atoms with Crippen molar-refractivity contribution in [3.63, 3.8) is 0 Å². The van der Waals surface area contributed by atoms with Gasteiger partial charge in [0.05, 0.1) is 29.8 Å². The summed E-state index contributed by atoms with van der Waals surface area (Å²) in [7, 11) is 0. The predicted molar refractivity (Wildman–Crippen MR) is 162 cm³/mol. The van der Waals surface area contributed by atoms with E-state index in [1.165, 1.54) is 12.1 Å². The summed E-state index contributed by atoms with van der Waals surface area (Å²) in [5.74, 6) is -1.94. The number of carbonyl (C=O) groups is 1. The van der Waals surface area contributed by atoms with Crippen LogP contribution in [0.5, 0.6) is 5.75 Å². The highest BCUT2D eigenvalue weighted by Crippen LogP contribution is 2.42. The molecule has 226 valence electrons. The first-order chi connectivity index (χ1) is 20.9. The normalized spacial score (nSPS) is 13.9. The molecular formula is C34H32F2N4O4. The summed E-state index contributed by atoms with van der Waals surface area (Å²) in [5, 5.41) is 15.3. The quantitative estimate of drug-likeness (QED) is 0.219. The molecule has 1 N–H and O–H groups in total. The number of carboxylic acids is 1. The van der Waals surface area contributed by atoms with E-state index < -0.39 is 29.3 Å². The molecule has 44 heavy (non-hydrogen) atoms. The Hall–Kier alpha value is -4.70. The van der Waals surface area contributed by atoms with Crippen molar-refractivity contribution in [2.45, 2.75) is 59.2 Å². The van der Waals surface area contributed by atoms with E-state index in [9.17, 15) is 14.3 Å². The molecule has 10 heteroatoms. The number of halogens is 2. The van der Waals surface area contributed by atoms with E-state index in [0.717, 1.165) is 34.9 Å². The third-order valence-corrected chi connectivity index (χ3v) is 7.68. The van der Waals surface area contributed by atoms with Crippen LogP contribution in [0.3, 0.4) is 0 Å². The zero-order valence-corrected chi connectivity index (χ0v) is 25.1. The van der Waals surface area contributed by atoms with E-state index in [1.807, 2.05) is 31.2 Å². The second-order valence-corrected chi connectivity index (χ2v) is 12.0. The number of rotatable bonds is 6. The number of aromatic nitrogens is 4. The molecule has 5 aromatic rings. The SMILES string of the molecule is Cc1nc2cc(-c3cccc(-c4cncc(F)c4)c3)nn2c(-c2cc(F)c3c(c2C)CCCO3)c1C(OC(C)(C)C)C(=O)O. The van der Waals surface area contributed by atoms with Gasteiger partial charge in [0.2, 0.25) is 0 Å². The lowest BCUT2D eigenvalue weighted by atomic mass is 9.91. The molecule has 1 unspecified atom stereocenters. The number of aryl methyl sites for hydroxylation is 1. The number of fused-ring (bicyclic) bond motifs is 2. The standard InChI is InChI=1S/C34H32F2N4O4/c1-18-24-10-7-11-43-31(24)26(36)14-25(18)30-29(32(33(41)42)44-34(3,4)5)19(2)38-28-15-27(39-40(28)30)21-9-6-8-20(12-21)22-13-23(35)17-37-16-22/h6,8-9,12-17,32H,7,10-11H2,1-5H3,(H,41,42). The Morgan fingerprint density at radius 3 is 2.57 bits per heavy atom. The number of hydrogen-bond donors (Lipinski definition) is 1. The Morgan fingerprint density at radius 1 is 1.07 bits per heavy atom. The van der Waals surface area contributed by atoms with Gasteiger partial charge in [0.25, 0.3) is 0 Å². The van der Waals surface area contributed by atoms with Crippen molar-refractivity contribution in [3.8, 4) is 39.4 Å². The Kier molecular flexibility index (Phi) is 7.41. The summed E-state index contributed by atoms with van der Waals surface area (Å²) >= 11 is 0. The molecule has 0 bridgehead atoms. The Labute approximate surface area is 253 Å². The van der Waals surface area contributed by atoms with Gasteiger partial charge < -0.3 is 14.6 Å². The Bertz CT molecular complexity index is 1930. The summed E-state index contributed by atoms with van der Waals surface area (Å²) < 4.78 is 42.9. The van der Waals surface area contributed by atoms with Gasteiger partial charge in [0.1, 0.15) is 5.82 Å².